The van der Waals surface area contributed by atoms with Gasteiger partial charge in [-0.05, 0) is 37.3 Å². The summed E-state index contributed by atoms with van der Waals surface area (Å²) in [6.45, 7) is 1.61. The van der Waals surface area contributed by atoms with Gasteiger partial charge < -0.3 is 10.4 Å². The first-order chi connectivity index (χ1) is 12.1. The number of hydrogen-bond donors (Lipinski definition) is 2. The lowest BCUT2D eigenvalue weighted by atomic mass is 10.1. The number of aromatic nitrogens is 2. The van der Waals surface area contributed by atoms with Gasteiger partial charge in [0.1, 0.15) is 5.69 Å². The zero-order chi connectivity index (χ0) is 17.8. The van der Waals surface area contributed by atoms with Gasteiger partial charge in [-0.15, -0.1) is 0 Å². The molecule has 128 valence electrons. The van der Waals surface area contributed by atoms with Crippen LogP contribution in [0.2, 0.25) is 5.02 Å². The molecule has 1 amide bonds. The molecular formula is C19H18ClN3O2. The van der Waals surface area contributed by atoms with Gasteiger partial charge in [-0.25, -0.2) is 4.68 Å². The van der Waals surface area contributed by atoms with E-state index in [1.165, 1.54) is 0 Å². The number of amides is 1. The monoisotopic (exact) mass is 355 g/mol. The van der Waals surface area contributed by atoms with Crippen molar-refractivity contribution >= 4 is 17.5 Å². The van der Waals surface area contributed by atoms with Crippen LogP contribution in [0.25, 0.3) is 16.9 Å². The highest BCUT2D eigenvalue weighted by Crippen LogP contribution is 2.23. The molecule has 0 saturated heterocycles. The van der Waals surface area contributed by atoms with Crippen molar-refractivity contribution in [1.29, 1.82) is 0 Å². The quantitative estimate of drug-likeness (QED) is 0.738. The maximum Gasteiger partial charge on any atom is 0.270 e. The molecule has 0 aliphatic heterocycles. The molecule has 1 heterocycles. The minimum absolute atomic E-state index is 0.130. The van der Waals surface area contributed by atoms with E-state index in [4.69, 9.17) is 11.6 Å². The van der Waals surface area contributed by atoms with Crippen molar-refractivity contribution in [3.05, 3.63) is 71.4 Å². The van der Waals surface area contributed by atoms with Crippen molar-refractivity contribution in [2.45, 2.75) is 13.0 Å². The molecule has 0 saturated carbocycles. The predicted octanol–water partition coefficient (Wildman–Crippen LogP) is 3.30. The van der Waals surface area contributed by atoms with Gasteiger partial charge in [0.25, 0.3) is 5.91 Å². The molecule has 5 nitrogen and oxygen atoms in total. The molecule has 0 spiro atoms. The van der Waals surface area contributed by atoms with Gasteiger partial charge in [-0.3, -0.25) is 4.79 Å². The highest BCUT2D eigenvalue weighted by molar-refractivity contribution is 6.30. The number of nitrogens with zero attached hydrogens (tertiary/aromatic N) is 2. The van der Waals surface area contributed by atoms with Crippen LogP contribution >= 0.6 is 11.6 Å². The Labute approximate surface area is 150 Å². The van der Waals surface area contributed by atoms with E-state index >= 15 is 0 Å². The van der Waals surface area contributed by atoms with Crippen LogP contribution in [0.5, 0.6) is 0 Å². The van der Waals surface area contributed by atoms with Crippen LogP contribution in [0.4, 0.5) is 0 Å². The van der Waals surface area contributed by atoms with Crippen LogP contribution in [0.1, 0.15) is 17.4 Å². The topological polar surface area (TPSA) is 67.2 Å². The highest BCUT2D eigenvalue weighted by Gasteiger charge is 2.18. The van der Waals surface area contributed by atoms with Crippen LogP contribution in [-0.4, -0.2) is 33.4 Å². The molecule has 6 heteroatoms. The molecule has 1 atom stereocenters. The van der Waals surface area contributed by atoms with E-state index in [2.05, 4.69) is 10.4 Å². The third kappa shape index (κ3) is 3.90. The Bertz CT molecular complexity index is 860. The number of carbonyl (C=O) groups is 1. The first-order valence-corrected chi connectivity index (χ1v) is 8.29. The minimum Gasteiger partial charge on any atom is -0.394 e. The highest BCUT2D eigenvalue weighted by atomic mass is 35.5. The van der Waals surface area contributed by atoms with Gasteiger partial charge in [0.15, 0.2) is 0 Å². The van der Waals surface area contributed by atoms with Crippen LogP contribution in [0.3, 0.4) is 0 Å². The van der Waals surface area contributed by atoms with Gasteiger partial charge in [0, 0.05) is 16.6 Å². The predicted molar refractivity (Wildman–Crippen MR) is 98.0 cm³/mol. The largest absolute Gasteiger partial charge is 0.394 e. The van der Waals surface area contributed by atoms with Crippen molar-refractivity contribution in [3.63, 3.8) is 0 Å². The minimum atomic E-state index is -0.342. The van der Waals surface area contributed by atoms with E-state index in [1.54, 1.807) is 29.8 Å². The molecular weight excluding hydrogens is 338 g/mol. The van der Waals surface area contributed by atoms with E-state index in [1.807, 2.05) is 42.5 Å². The van der Waals surface area contributed by atoms with E-state index < -0.39 is 0 Å². The van der Waals surface area contributed by atoms with Crippen LogP contribution in [0, 0.1) is 0 Å². The molecule has 0 radical (unpaired) electrons. The second-order valence-electron chi connectivity index (χ2n) is 5.73. The summed E-state index contributed by atoms with van der Waals surface area (Å²) >= 11 is 5.94. The summed E-state index contributed by atoms with van der Waals surface area (Å²) in [5.74, 6) is -0.293. The molecule has 3 rings (SSSR count). The second kappa shape index (κ2) is 7.51. The Hall–Kier alpha value is -2.63. The van der Waals surface area contributed by atoms with Crippen molar-refractivity contribution in [3.8, 4) is 16.9 Å². The molecule has 0 bridgehead atoms. The average Bonchev–Trinajstić information content (AvgIpc) is 3.08. The number of hydrogen-bond acceptors (Lipinski definition) is 3. The van der Waals surface area contributed by atoms with Gasteiger partial charge in [-0.1, -0.05) is 41.9 Å². The Morgan fingerprint density at radius 2 is 1.88 bits per heavy atom. The summed E-state index contributed by atoms with van der Waals surface area (Å²) in [6.07, 6.45) is 0. The molecule has 25 heavy (non-hydrogen) atoms. The van der Waals surface area contributed by atoms with Gasteiger partial charge in [0.2, 0.25) is 0 Å². The molecule has 0 aliphatic carbocycles. The smallest absolute Gasteiger partial charge is 0.270 e. The fourth-order valence-electron chi connectivity index (χ4n) is 2.41. The third-order valence-corrected chi connectivity index (χ3v) is 3.99. The number of benzene rings is 2. The number of rotatable bonds is 5. The first-order valence-electron chi connectivity index (χ1n) is 7.91. The standard InChI is InChI=1S/C19H18ClN3O2/c1-13(12-24)21-19(25)18-11-17(14-7-9-15(20)10-8-14)22-23(18)16-5-3-2-4-6-16/h2-11,13,24H,12H2,1H3,(H,21,25). The summed E-state index contributed by atoms with van der Waals surface area (Å²) in [5, 5.41) is 17.2. The number of nitrogens with one attached hydrogen (secondary N) is 1. The molecule has 1 aromatic heterocycles. The maximum absolute atomic E-state index is 12.6. The van der Waals surface area contributed by atoms with E-state index in [-0.39, 0.29) is 18.6 Å². The van der Waals surface area contributed by atoms with Crippen molar-refractivity contribution in [2.24, 2.45) is 0 Å². The molecule has 3 aromatic rings. The molecule has 2 N–H and O–H groups in total. The molecule has 2 aromatic carbocycles. The first kappa shape index (κ1) is 17.2. The lowest BCUT2D eigenvalue weighted by Gasteiger charge is -2.12. The zero-order valence-electron chi connectivity index (χ0n) is 13.7. The van der Waals surface area contributed by atoms with Crippen molar-refractivity contribution in [2.75, 3.05) is 6.61 Å². The van der Waals surface area contributed by atoms with E-state index in [0.29, 0.717) is 16.4 Å². The second-order valence-corrected chi connectivity index (χ2v) is 6.16. The number of halogens is 1. The molecule has 0 fully saturated rings. The number of para-hydroxylation sites is 1. The van der Waals surface area contributed by atoms with Crippen LogP contribution < -0.4 is 5.32 Å². The summed E-state index contributed by atoms with van der Waals surface area (Å²) in [6, 6.07) is 18.1. The summed E-state index contributed by atoms with van der Waals surface area (Å²) in [4.78, 5) is 12.6. The fourth-order valence-corrected chi connectivity index (χ4v) is 2.54. The van der Waals surface area contributed by atoms with Gasteiger partial charge >= 0.3 is 0 Å². The average molecular weight is 356 g/mol. The van der Waals surface area contributed by atoms with Crippen LogP contribution in [-0.2, 0) is 0 Å². The fraction of sp³-hybridized carbons (Fsp3) is 0.158. The van der Waals surface area contributed by atoms with Crippen molar-refractivity contribution < 1.29 is 9.90 Å². The normalized spacial score (nSPS) is 12.0. The Kier molecular flexibility index (Phi) is 5.16. The van der Waals surface area contributed by atoms with Gasteiger partial charge in [0.05, 0.1) is 18.0 Å². The lowest BCUT2D eigenvalue weighted by Crippen LogP contribution is -2.36. The van der Waals surface area contributed by atoms with E-state index in [0.717, 1.165) is 11.3 Å². The zero-order valence-corrected chi connectivity index (χ0v) is 14.4. The Morgan fingerprint density at radius 1 is 1.20 bits per heavy atom. The van der Waals surface area contributed by atoms with Crippen LogP contribution in [0.15, 0.2) is 60.7 Å². The number of aliphatic hydroxyl groups is 1. The summed E-state index contributed by atoms with van der Waals surface area (Å²) in [7, 11) is 0. The Balaban J connectivity index is 2.05. The van der Waals surface area contributed by atoms with E-state index in [9.17, 15) is 9.90 Å². The van der Waals surface area contributed by atoms with Crippen molar-refractivity contribution in [1.82, 2.24) is 15.1 Å². The number of carbonyl (C=O) groups excluding carboxylic acids is 1. The lowest BCUT2D eigenvalue weighted by molar-refractivity contribution is 0.0914. The molecule has 0 aliphatic rings. The summed E-state index contributed by atoms with van der Waals surface area (Å²) in [5.41, 5.74) is 2.71. The maximum atomic E-state index is 12.6. The third-order valence-electron chi connectivity index (χ3n) is 3.73. The SMILES string of the molecule is CC(CO)NC(=O)c1cc(-c2ccc(Cl)cc2)nn1-c1ccccc1. The Morgan fingerprint density at radius 3 is 2.52 bits per heavy atom. The summed E-state index contributed by atoms with van der Waals surface area (Å²) < 4.78 is 1.60. The number of aliphatic hydroxyl groups excluding tert-OH is 1. The molecule has 1 unspecified atom stereocenters. The van der Waals surface area contributed by atoms with Gasteiger partial charge in [-0.2, -0.15) is 5.10 Å².